The molecule has 0 aliphatic carbocycles. The molecule has 1 aromatic heterocycles. The van der Waals surface area contributed by atoms with Gasteiger partial charge in [-0.3, -0.25) is 9.59 Å². The molecule has 0 unspecified atom stereocenters. The number of fused-ring (bicyclic) bond motifs is 1. The summed E-state index contributed by atoms with van der Waals surface area (Å²) in [6.07, 6.45) is 0.190. The maximum atomic E-state index is 12.1. The SMILES string of the molecule is CC(=O)Cc1cc2cccc(Br)c2n(C)c1=O. The summed E-state index contributed by atoms with van der Waals surface area (Å²) < 4.78 is 2.46. The van der Waals surface area contributed by atoms with Gasteiger partial charge in [-0.1, -0.05) is 12.1 Å². The summed E-state index contributed by atoms with van der Waals surface area (Å²) in [7, 11) is 1.72. The molecule has 88 valence electrons. The van der Waals surface area contributed by atoms with Crippen LogP contribution in [0.1, 0.15) is 12.5 Å². The summed E-state index contributed by atoms with van der Waals surface area (Å²) in [4.78, 5) is 23.2. The average molecular weight is 294 g/mol. The minimum absolute atomic E-state index is 0.00329. The first-order valence-corrected chi connectivity index (χ1v) is 6.06. The number of carbonyl (C=O) groups excluding carboxylic acids is 1. The van der Waals surface area contributed by atoms with E-state index in [9.17, 15) is 9.59 Å². The van der Waals surface area contributed by atoms with Crippen LogP contribution in [0.15, 0.2) is 33.5 Å². The Morgan fingerprint density at radius 2 is 2.12 bits per heavy atom. The van der Waals surface area contributed by atoms with Crippen LogP contribution in [0.4, 0.5) is 0 Å². The normalized spacial score (nSPS) is 10.8. The van der Waals surface area contributed by atoms with Crippen LogP contribution < -0.4 is 5.56 Å². The molecule has 3 nitrogen and oxygen atoms in total. The molecule has 0 atom stereocenters. The quantitative estimate of drug-likeness (QED) is 0.853. The molecule has 0 radical (unpaired) electrons. The molecule has 1 heterocycles. The van der Waals surface area contributed by atoms with Gasteiger partial charge in [-0.2, -0.15) is 0 Å². The van der Waals surface area contributed by atoms with Crippen molar-refractivity contribution in [3.8, 4) is 0 Å². The second kappa shape index (κ2) is 4.45. The molecule has 0 spiro atoms. The average Bonchev–Trinajstić information content (AvgIpc) is 2.24. The number of rotatable bonds is 2. The van der Waals surface area contributed by atoms with Gasteiger partial charge in [-0.25, -0.2) is 0 Å². The van der Waals surface area contributed by atoms with Crippen LogP contribution in [0.25, 0.3) is 10.9 Å². The topological polar surface area (TPSA) is 39.1 Å². The predicted molar refractivity (Wildman–Crippen MR) is 71.3 cm³/mol. The van der Waals surface area contributed by atoms with Crippen molar-refractivity contribution in [3.05, 3.63) is 44.7 Å². The van der Waals surface area contributed by atoms with Gasteiger partial charge in [0.25, 0.3) is 5.56 Å². The van der Waals surface area contributed by atoms with Gasteiger partial charge in [-0.15, -0.1) is 0 Å². The van der Waals surface area contributed by atoms with Crippen LogP contribution in [0, 0.1) is 0 Å². The molecule has 2 aromatic rings. The van der Waals surface area contributed by atoms with Gasteiger partial charge in [0.2, 0.25) is 0 Å². The van der Waals surface area contributed by atoms with Crippen molar-refractivity contribution in [2.75, 3.05) is 0 Å². The summed E-state index contributed by atoms with van der Waals surface area (Å²) in [6, 6.07) is 7.54. The molecule has 17 heavy (non-hydrogen) atoms. The Kier molecular flexibility index (Phi) is 3.15. The van der Waals surface area contributed by atoms with Crippen LogP contribution in [0.5, 0.6) is 0 Å². The number of aromatic nitrogens is 1. The van der Waals surface area contributed by atoms with Crippen molar-refractivity contribution in [1.29, 1.82) is 0 Å². The van der Waals surface area contributed by atoms with Crippen molar-refractivity contribution in [2.45, 2.75) is 13.3 Å². The minimum atomic E-state index is -0.111. The van der Waals surface area contributed by atoms with E-state index in [-0.39, 0.29) is 17.8 Å². The van der Waals surface area contributed by atoms with Crippen LogP contribution in [-0.4, -0.2) is 10.4 Å². The van der Waals surface area contributed by atoms with Gasteiger partial charge in [0.1, 0.15) is 5.78 Å². The molecule has 0 aliphatic heterocycles. The lowest BCUT2D eigenvalue weighted by Crippen LogP contribution is -2.22. The van der Waals surface area contributed by atoms with E-state index in [2.05, 4.69) is 15.9 Å². The van der Waals surface area contributed by atoms with Crippen LogP contribution >= 0.6 is 15.9 Å². The van der Waals surface area contributed by atoms with Gasteiger partial charge < -0.3 is 4.57 Å². The minimum Gasteiger partial charge on any atom is -0.310 e. The van der Waals surface area contributed by atoms with E-state index in [1.807, 2.05) is 18.2 Å². The van der Waals surface area contributed by atoms with Crippen molar-refractivity contribution in [2.24, 2.45) is 7.05 Å². The Morgan fingerprint density at radius 3 is 2.76 bits per heavy atom. The number of aryl methyl sites for hydroxylation is 1. The molecular weight excluding hydrogens is 282 g/mol. The largest absolute Gasteiger partial charge is 0.310 e. The maximum Gasteiger partial charge on any atom is 0.254 e. The highest BCUT2D eigenvalue weighted by molar-refractivity contribution is 9.10. The number of hydrogen-bond donors (Lipinski definition) is 0. The fourth-order valence-electron chi connectivity index (χ4n) is 1.96. The lowest BCUT2D eigenvalue weighted by Gasteiger charge is -2.09. The third-order valence-corrected chi connectivity index (χ3v) is 3.34. The number of ketones is 1. The Morgan fingerprint density at radius 1 is 1.41 bits per heavy atom. The second-order valence-corrected chi connectivity index (χ2v) is 4.94. The Labute approximate surface area is 107 Å². The van der Waals surface area contributed by atoms with E-state index in [1.54, 1.807) is 17.7 Å². The number of nitrogens with zero attached hydrogens (tertiary/aromatic N) is 1. The third-order valence-electron chi connectivity index (χ3n) is 2.70. The highest BCUT2D eigenvalue weighted by atomic mass is 79.9. The summed E-state index contributed by atoms with van der Waals surface area (Å²) in [5.74, 6) is -0.00329. The van der Waals surface area contributed by atoms with Crippen LogP contribution in [0.3, 0.4) is 0 Å². The fourth-order valence-corrected chi connectivity index (χ4v) is 2.61. The molecule has 4 heteroatoms. The lowest BCUT2D eigenvalue weighted by atomic mass is 10.1. The highest BCUT2D eigenvalue weighted by Crippen LogP contribution is 2.22. The van der Waals surface area contributed by atoms with E-state index in [4.69, 9.17) is 0 Å². The van der Waals surface area contributed by atoms with Crippen molar-refractivity contribution in [3.63, 3.8) is 0 Å². The van der Waals surface area contributed by atoms with Crippen molar-refractivity contribution < 1.29 is 4.79 Å². The first-order chi connectivity index (χ1) is 8.00. The molecule has 0 N–H and O–H groups in total. The predicted octanol–water partition coefficient (Wildman–Crippen LogP) is 2.43. The fraction of sp³-hybridized carbons (Fsp3) is 0.231. The molecule has 0 amide bonds. The van der Waals surface area contributed by atoms with Crippen molar-refractivity contribution >= 4 is 32.6 Å². The number of hydrogen-bond acceptors (Lipinski definition) is 2. The first kappa shape index (κ1) is 12.0. The summed E-state index contributed by atoms with van der Waals surface area (Å²) in [5, 5.41) is 0.956. The molecular formula is C13H12BrNO2. The smallest absolute Gasteiger partial charge is 0.254 e. The molecule has 0 aliphatic rings. The standard InChI is InChI=1S/C13H12BrNO2/c1-8(16)6-10-7-9-4-3-5-11(14)12(9)15(2)13(10)17/h3-5,7H,6H2,1-2H3. The molecule has 1 aromatic carbocycles. The first-order valence-electron chi connectivity index (χ1n) is 5.27. The van der Waals surface area contributed by atoms with Crippen LogP contribution in [0.2, 0.25) is 0 Å². The Hall–Kier alpha value is -1.42. The molecule has 2 rings (SSSR count). The van der Waals surface area contributed by atoms with Gasteiger partial charge in [0, 0.05) is 23.5 Å². The maximum absolute atomic E-state index is 12.1. The Bertz CT molecular complexity index is 658. The van der Waals surface area contributed by atoms with Gasteiger partial charge in [-0.05, 0) is 40.4 Å². The van der Waals surface area contributed by atoms with E-state index in [1.165, 1.54) is 6.92 Å². The number of pyridine rings is 1. The molecule has 0 saturated heterocycles. The lowest BCUT2D eigenvalue weighted by molar-refractivity contribution is -0.116. The molecule has 0 fully saturated rings. The van der Waals surface area contributed by atoms with Gasteiger partial charge in [0.05, 0.1) is 5.52 Å². The Balaban J connectivity index is 2.80. The molecule has 0 saturated carbocycles. The number of halogens is 1. The number of Topliss-reactive ketones (excluding diaryl/α,β-unsaturated/α-hetero) is 1. The number of para-hydroxylation sites is 1. The van der Waals surface area contributed by atoms with E-state index >= 15 is 0 Å². The second-order valence-electron chi connectivity index (χ2n) is 4.09. The van der Waals surface area contributed by atoms with Gasteiger partial charge in [0.15, 0.2) is 0 Å². The third kappa shape index (κ3) is 2.17. The van der Waals surface area contributed by atoms with Crippen LogP contribution in [-0.2, 0) is 18.3 Å². The highest BCUT2D eigenvalue weighted by Gasteiger charge is 2.10. The summed E-state index contributed by atoms with van der Waals surface area (Å²) in [6.45, 7) is 1.49. The zero-order valence-electron chi connectivity index (χ0n) is 9.66. The summed E-state index contributed by atoms with van der Waals surface area (Å²) in [5.41, 5.74) is 1.29. The van der Waals surface area contributed by atoms with E-state index < -0.39 is 0 Å². The number of benzene rings is 1. The monoisotopic (exact) mass is 293 g/mol. The summed E-state index contributed by atoms with van der Waals surface area (Å²) >= 11 is 3.43. The zero-order valence-corrected chi connectivity index (χ0v) is 11.2. The molecule has 0 bridgehead atoms. The van der Waals surface area contributed by atoms with Crippen molar-refractivity contribution in [1.82, 2.24) is 4.57 Å². The van der Waals surface area contributed by atoms with E-state index in [0.717, 1.165) is 15.4 Å². The zero-order chi connectivity index (χ0) is 12.6. The number of carbonyl (C=O) groups is 1. The van der Waals surface area contributed by atoms with Gasteiger partial charge >= 0.3 is 0 Å². The van der Waals surface area contributed by atoms with E-state index in [0.29, 0.717) is 5.56 Å².